The van der Waals surface area contributed by atoms with Gasteiger partial charge in [0.05, 0.1) is 5.25 Å². The predicted molar refractivity (Wildman–Crippen MR) is 102 cm³/mol. The number of hydrogen-bond acceptors (Lipinski definition) is 4. The number of aryl methyl sites for hydroxylation is 2. The summed E-state index contributed by atoms with van der Waals surface area (Å²) in [5.41, 5.74) is 4.03. The van der Waals surface area contributed by atoms with E-state index >= 15 is 0 Å². The molecular formula is C19H20N4OS. The van der Waals surface area contributed by atoms with Crippen molar-refractivity contribution in [2.75, 3.05) is 5.32 Å². The average molecular weight is 352 g/mol. The molecule has 0 unspecified atom stereocenters. The third kappa shape index (κ3) is 4.28. The summed E-state index contributed by atoms with van der Waals surface area (Å²) in [6.07, 6.45) is 0. The van der Waals surface area contributed by atoms with E-state index in [1.54, 1.807) is 0 Å². The van der Waals surface area contributed by atoms with Crippen LogP contribution in [-0.2, 0) is 4.79 Å². The van der Waals surface area contributed by atoms with Crippen LogP contribution < -0.4 is 5.32 Å². The lowest BCUT2D eigenvalue weighted by Crippen LogP contribution is -2.23. The van der Waals surface area contributed by atoms with Crippen LogP contribution in [0.5, 0.6) is 0 Å². The maximum atomic E-state index is 12.4. The van der Waals surface area contributed by atoms with Gasteiger partial charge in [0.25, 0.3) is 0 Å². The number of hydrogen-bond donors (Lipinski definition) is 2. The minimum absolute atomic E-state index is 0.0667. The molecule has 1 heterocycles. The smallest absolute Gasteiger partial charge is 0.237 e. The first kappa shape index (κ1) is 17.2. The third-order valence-electron chi connectivity index (χ3n) is 3.80. The molecule has 25 heavy (non-hydrogen) atoms. The van der Waals surface area contributed by atoms with Crippen LogP contribution in [0, 0.1) is 13.8 Å². The van der Waals surface area contributed by atoms with Gasteiger partial charge in [-0.3, -0.25) is 9.89 Å². The molecule has 0 aliphatic heterocycles. The summed E-state index contributed by atoms with van der Waals surface area (Å²) in [4.78, 5) is 16.9. The largest absolute Gasteiger partial charge is 0.325 e. The zero-order valence-electron chi connectivity index (χ0n) is 14.4. The molecule has 0 saturated carbocycles. The molecule has 5 nitrogen and oxygen atoms in total. The van der Waals surface area contributed by atoms with Gasteiger partial charge in [0, 0.05) is 11.3 Å². The Morgan fingerprint density at radius 1 is 1.16 bits per heavy atom. The van der Waals surface area contributed by atoms with Crippen LogP contribution in [0.25, 0.3) is 11.4 Å². The first-order valence-electron chi connectivity index (χ1n) is 8.05. The van der Waals surface area contributed by atoms with Gasteiger partial charge in [-0.05, 0) is 32.4 Å². The molecule has 1 amide bonds. The first-order chi connectivity index (χ1) is 12.0. The van der Waals surface area contributed by atoms with Gasteiger partial charge in [0.15, 0.2) is 5.82 Å². The minimum atomic E-state index is -0.305. The Bertz CT molecular complexity index is 876. The van der Waals surface area contributed by atoms with Gasteiger partial charge in [0.1, 0.15) is 0 Å². The van der Waals surface area contributed by atoms with Crippen LogP contribution in [0.2, 0.25) is 0 Å². The van der Waals surface area contributed by atoms with Gasteiger partial charge in [-0.15, -0.1) is 5.10 Å². The fraction of sp³-hybridized carbons (Fsp3) is 0.211. The fourth-order valence-corrected chi connectivity index (χ4v) is 3.15. The molecule has 0 bridgehead atoms. The van der Waals surface area contributed by atoms with Crippen LogP contribution in [0.15, 0.2) is 53.7 Å². The van der Waals surface area contributed by atoms with Crippen molar-refractivity contribution in [3.8, 4) is 11.4 Å². The zero-order chi connectivity index (χ0) is 17.8. The number of carbonyl (C=O) groups is 1. The molecule has 1 aromatic heterocycles. The summed E-state index contributed by atoms with van der Waals surface area (Å²) in [5.74, 6) is 0.633. The number of amides is 1. The summed E-state index contributed by atoms with van der Waals surface area (Å²) < 4.78 is 0. The molecule has 2 aromatic carbocycles. The Kier molecular flexibility index (Phi) is 5.19. The number of aromatic amines is 1. The van der Waals surface area contributed by atoms with E-state index in [0.29, 0.717) is 11.0 Å². The molecule has 6 heteroatoms. The monoisotopic (exact) mass is 352 g/mol. The number of nitrogens with one attached hydrogen (secondary N) is 2. The lowest BCUT2D eigenvalue weighted by molar-refractivity contribution is -0.115. The molecule has 0 aliphatic carbocycles. The van der Waals surface area contributed by atoms with Crippen molar-refractivity contribution in [1.82, 2.24) is 15.2 Å². The Hall–Kier alpha value is -2.60. The Morgan fingerprint density at radius 3 is 2.64 bits per heavy atom. The molecule has 1 atom stereocenters. The highest BCUT2D eigenvalue weighted by Crippen LogP contribution is 2.24. The minimum Gasteiger partial charge on any atom is -0.325 e. The second-order valence-corrected chi connectivity index (χ2v) is 7.21. The molecule has 2 N–H and O–H groups in total. The molecular weight excluding hydrogens is 332 g/mol. The van der Waals surface area contributed by atoms with E-state index in [1.165, 1.54) is 17.3 Å². The zero-order valence-corrected chi connectivity index (χ0v) is 15.2. The summed E-state index contributed by atoms with van der Waals surface area (Å²) in [6.45, 7) is 5.87. The Labute approximate surface area is 151 Å². The summed E-state index contributed by atoms with van der Waals surface area (Å²) in [7, 11) is 0. The van der Waals surface area contributed by atoms with E-state index in [0.717, 1.165) is 16.8 Å². The number of carbonyl (C=O) groups excluding carboxylic acids is 1. The summed E-state index contributed by atoms with van der Waals surface area (Å²) in [5, 5.41) is 10.3. The van der Waals surface area contributed by atoms with Crippen molar-refractivity contribution in [1.29, 1.82) is 0 Å². The number of thioether (sulfide) groups is 1. The number of anilines is 1. The molecule has 0 aliphatic rings. The van der Waals surface area contributed by atoms with Crippen LogP contribution in [0.3, 0.4) is 0 Å². The molecule has 128 valence electrons. The second-order valence-electron chi connectivity index (χ2n) is 5.90. The van der Waals surface area contributed by atoms with Gasteiger partial charge in [-0.1, -0.05) is 59.8 Å². The Balaban J connectivity index is 1.65. The number of H-pyrrole nitrogens is 1. The molecule has 0 saturated heterocycles. The molecule has 0 radical (unpaired) electrons. The maximum Gasteiger partial charge on any atom is 0.237 e. The van der Waals surface area contributed by atoms with Crippen molar-refractivity contribution in [3.05, 3.63) is 59.7 Å². The van der Waals surface area contributed by atoms with Crippen LogP contribution in [0.1, 0.15) is 18.1 Å². The lowest BCUT2D eigenvalue weighted by atomic mass is 10.1. The molecule has 3 rings (SSSR count). The standard InChI is InChI=1S/C19H20N4OS/c1-12-9-10-16(13(2)11-12)20-18(24)14(3)25-19-21-17(22-23-19)15-7-5-4-6-8-15/h4-11,14H,1-3H3,(H,20,24)(H,21,22,23)/t14-/m1/s1. The van der Waals surface area contributed by atoms with Crippen molar-refractivity contribution in [3.63, 3.8) is 0 Å². The fourth-order valence-electron chi connectivity index (χ4n) is 2.42. The van der Waals surface area contributed by atoms with Crippen LogP contribution >= 0.6 is 11.8 Å². The lowest BCUT2D eigenvalue weighted by Gasteiger charge is -2.12. The van der Waals surface area contributed by atoms with Gasteiger partial charge in [-0.2, -0.15) is 0 Å². The highest BCUT2D eigenvalue weighted by Gasteiger charge is 2.18. The van der Waals surface area contributed by atoms with E-state index in [9.17, 15) is 4.79 Å². The summed E-state index contributed by atoms with van der Waals surface area (Å²) >= 11 is 1.33. The topological polar surface area (TPSA) is 70.7 Å². The first-order valence-corrected chi connectivity index (χ1v) is 8.93. The van der Waals surface area contributed by atoms with Gasteiger partial charge in [-0.25, -0.2) is 4.98 Å². The van der Waals surface area contributed by atoms with E-state index in [4.69, 9.17) is 0 Å². The van der Waals surface area contributed by atoms with E-state index in [-0.39, 0.29) is 11.2 Å². The van der Waals surface area contributed by atoms with Gasteiger partial charge >= 0.3 is 0 Å². The highest BCUT2D eigenvalue weighted by atomic mass is 32.2. The SMILES string of the molecule is Cc1ccc(NC(=O)[C@@H](C)Sc2n[nH]c(-c3ccccc3)n2)c(C)c1. The third-order valence-corrected chi connectivity index (χ3v) is 4.76. The van der Waals surface area contributed by atoms with E-state index < -0.39 is 0 Å². The molecule has 3 aromatic rings. The number of rotatable bonds is 5. The van der Waals surface area contributed by atoms with Crippen molar-refractivity contribution in [2.24, 2.45) is 0 Å². The van der Waals surface area contributed by atoms with Crippen molar-refractivity contribution >= 4 is 23.4 Å². The van der Waals surface area contributed by atoms with Crippen LogP contribution in [0.4, 0.5) is 5.69 Å². The second kappa shape index (κ2) is 7.53. The number of nitrogens with zero attached hydrogens (tertiary/aromatic N) is 2. The quantitative estimate of drug-likeness (QED) is 0.675. The molecule has 0 fully saturated rings. The average Bonchev–Trinajstić information content (AvgIpc) is 3.06. The van der Waals surface area contributed by atoms with Gasteiger partial charge < -0.3 is 5.32 Å². The maximum absolute atomic E-state index is 12.4. The Morgan fingerprint density at radius 2 is 1.92 bits per heavy atom. The van der Waals surface area contributed by atoms with Crippen LogP contribution in [-0.4, -0.2) is 26.3 Å². The van der Waals surface area contributed by atoms with Gasteiger partial charge in [0.2, 0.25) is 11.1 Å². The van der Waals surface area contributed by atoms with E-state index in [1.807, 2.05) is 63.2 Å². The number of aromatic nitrogens is 3. The highest BCUT2D eigenvalue weighted by molar-refractivity contribution is 8.00. The molecule has 0 spiro atoms. The van der Waals surface area contributed by atoms with Crippen molar-refractivity contribution < 1.29 is 4.79 Å². The summed E-state index contributed by atoms with van der Waals surface area (Å²) in [6, 6.07) is 15.7. The van der Waals surface area contributed by atoms with E-state index in [2.05, 4.69) is 26.6 Å². The normalized spacial score (nSPS) is 12.0. The predicted octanol–water partition coefficient (Wildman–Crippen LogP) is 4.21. The number of benzene rings is 2. The van der Waals surface area contributed by atoms with Crippen molar-refractivity contribution in [2.45, 2.75) is 31.2 Å².